The molecule has 1 unspecified atom stereocenters. The molecule has 1 atom stereocenters. The van der Waals surface area contributed by atoms with Crippen LogP contribution in [-0.2, 0) is 6.42 Å². The molecular weight excluding hydrogens is 270 g/mol. The minimum atomic E-state index is -0.137. The number of oxazole rings is 1. The van der Waals surface area contributed by atoms with Crippen molar-refractivity contribution in [2.45, 2.75) is 19.4 Å². The van der Waals surface area contributed by atoms with Crippen LogP contribution in [0.1, 0.15) is 22.5 Å². The van der Waals surface area contributed by atoms with Crippen molar-refractivity contribution in [3.8, 4) is 11.5 Å². The van der Waals surface area contributed by atoms with Gasteiger partial charge in [-0.15, -0.1) is 11.3 Å². The Morgan fingerprint density at radius 2 is 2.10 bits per heavy atom. The van der Waals surface area contributed by atoms with E-state index in [0.717, 1.165) is 22.0 Å². The van der Waals surface area contributed by atoms with E-state index in [2.05, 4.69) is 9.97 Å². The van der Waals surface area contributed by atoms with Crippen molar-refractivity contribution in [2.75, 3.05) is 0 Å². The molecule has 0 aliphatic carbocycles. The number of benzene rings is 1. The van der Waals surface area contributed by atoms with E-state index < -0.39 is 0 Å². The van der Waals surface area contributed by atoms with Gasteiger partial charge in [0.05, 0.1) is 11.7 Å². The second kappa shape index (κ2) is 5.56. The summed E-state index contributed by atoms with van der Waals surface area (Å²) in [6.45, 7) is 1.92. The van der Waals surface area contributed by atoms with Gasteiger partial charge in [0, 0.05) is 23.6 Å². The Bertz CT molecular complexity index is 676. The Morgan fingerprint density at radius 3 is 2.80 bits per heavy atom. The molecule has 2 N–H and O–H groups in total. The number of nitrogens with zero attached hydrogens (tertiary/aromatic N) is 2. The van der Waals surface area contributed by atoms with Crippen molar-refractivity contribution in [3.63, 3.8) is 0 Å². The van der Waals surface area contributed by atoms with Crippen LogP contribution in [0.2, 0.25) is 0 Å². The van der Waals surface area contributed by atoms with E-state index in [-0.39, 0.29) is 6.04 Å². The van der Waals surface area contributed by atoms with Crippen molar-refractivity contribution < 1.29 is 4.42 Å². The molecular formula is C15H15N3OS. The Morgan fingerprint density at radius 1 is 1.30 bits per heavy atom. The van der Waals surface area contributed by atoms with E-state index in [4.69, 9.17) is 10.2 Å². The number of thiazole rings is 1. The van der Waals surface area contributed by atoms with Crippen LogP contribution in [0.4, 0.5) is 0 Å². The van der Waals surface area contributed by atoms with Crippen LogP contribution >= 0.6 is 11.3 Å². The summed E-state index contributed by atoms with van der Waals surface area (Å²) in [6, 6.07) is 9.73. The van der Waals surface area contributed by atoms with E-state index >= 15 is 0 Å². The first-order chi connectivity index (χ1) is 9.74. The molecule has 20 heavy (non-hydrogen) atoms. The van der Waals surface area contributed by atoms with Gasteiger partial charge in [-0.05, 0) is 19.1 Å². The zero-order chi connectivity index (χ0) is 13.9. The molecule has 0 radical (unpaired) electrons. The van der Waals surface area contributed by atoms with Crippen molar-refractivity contribution in [3.05, 3.63) is 58.4 Å². The molecule has 3 aromatic rings. The van der Waals surface area contributed by atoms with Gasteiger partial charge >= 0.3 is 0 Å². The van der Waals surface area contributed by atoms with E-state index in [9.17, 15) is 0 Å². The molecule has 2 heterocycles. The second-order valence-corrected chi connectivity index (χ2v) is 5.50. The summed E-state index contributed by atoms with van der Waals surface area (Å²) in [5, 5.41) is 2.86. The van der Waals surface area contributed by atoms with Gasteiger partial charge < -0.3 is 10.2 Å². The van der Waals surface area contributed by atoms with Gasteiger partial charge in [0.25, 0.3) is 0 Å². The SMILES string of the molecule is Cc1oc(-c2ccccc2)nc1CC(N)c1nccs1. The maximum absolute atomic E-state index is 6.15. The highest BCUT2D eigenvalue weighted by Crippen LogP contribution is 2.24. The minimum Gasteiger partial charge on any atom is -0.441 e. The maximum atomic E-state index is 6.15. The number of nitrogens with two attached hydrogens (primary N) is 1. The van der Waals surface area contributed by atoms with Gasteiger partial charge in [-0.3, -0.25) is 0 Å². The highest BCUT2D eigenvalue weighted by molar-refractivity contribution is 7.09. The van der Waals surface area contributed by atoms with Crippen LogP contribution in [0, 0.1) is 6.92 Å². The van der Waals surface area contributed by atoms with Gasteiger partial charge in [-0.25, -0.2) is 9.97 Å². The first kappa shape index (κ1) is 13.0. The molecule has 1 aromatic carbocycles. The lowest BCUT2D eigenvalue weighted by Gasteiger charge is -2.05. The van der Waals surface area contributed by atoms with Gasteiger partial charge in [0.15, 0.2) is 0 Å². The third kappa shape index (κ3) is 2.64. The molecule has 0 bridgehead atoms. The lowest BCUT2D eigenvalue weighted by atomic mass is 10.1. The Kier molecular flexibility index (Phi) is 3.62. The third-order valence-corrected chi connectivity index (χ3v) is 4.00. The molecule has 3 rings (SSSR count). The van der Waals surface area contributed by atoms with Gasteiger partial charge in [-0.2, -0.15) is 0 Å². The molecule has 0 fully saturated rings. The topological polar surface area (TPSA) is 64.9 Å². The molecule has 2 aromatic heterocycles. The third-order valence-electron chi connectivity index (χ3n) is 3.10. The van der Waals surface area contributed by atoms with Gasteiger partial charge in [-0.1, -0.05) is 18.2 Å². The number of hydrogen-bond donors (Lipinski definition) is 1. The van der Waals surface area contributed by atoms with Crippen molar-refractivity contribution in [1.29, 1.82) is 0 Å². The minimum absolute atomic E-state index is 0.137. The van der Waals surface area contributed by atoms with Gasteiger partial charge in [0.2, 0.25) is 5.89 Å². The molecule has 4 nitrogen and oxygen atoms in total. The van der Waals surface area contributed by atoms with Crippen molar-refractivity contribution >= 4 is 11.3 Å². The number of aryl methyl sites for hydroxylation is 1. The van der Waals surface area contributed by atoms with Crippen LogP contribution in [0.3, 0.4) is 0 Å². The molecule has 0 amide bonds. The Hall–Kier alpha value is -1.98. The molecule has 5 heteroatoms. The zero-order valence-corrected chi connectivity index (χ0v) is 11.9. The van der Waals surface area contributed by atoms with Crippen LogP contribution in [0.15, 0.2) is 46.3 Å². The normalized spacial score (nSPS) is 12.5. The number of rotatable bonds is 4. The first-order valence-electron chi connectivity index (χ1n) is 6.40. The fourth-order valence-electron chi connectivity index (χ4n) is 2.03. The molecule has 0 aliphatic rings. The fourth-order valence-corrected chi connectivity index (χ4v) is 2.68. The highest BCUT2D eigenvalue weighted by atomic mass is 32.1. The summed E-state index contributed by atoms with van der Waals surface area (Å²) in [5.74, 6) is 1.46. The van der Waals surface area contributed by atoms with Crippen LogP contribution in [0.5, 0.6) is 0 Å². The first-order valence-corrected chi connectivity index (χ1v) is 7.28. The van der Waals surface area contributed by atoms with E-state index in [0.29, 0.717) is 12.3 Å². The van der Waals surface area contributed by atoms with E-state index in [1.165, 1.54) is 0 Å². The summed E-state index contributed by atoms with van der Waals surface area (Å²) in [4.78, 5) is 8.80. The lowest BCUT2D eigenvalue weighted by Crippen LogP contribution is -2.13. The highest BCUT2D eigenvalue weighted by Gasteiger charge is 2.16. The van der Waals surface area contributed by atoms with Crippen molar-refractivity contribution in [1.82, 2.24) is 9.97 Å². The molecule has 0 spiro atoms. The molecule has 102 valence electrons. The number of hydrogen-bond acceptors (Lipinski definition) is 5. The standard InChI is InChI=1S/C15H15N3OS/c1-10-13(9-12(16)15-17-7-8-20-15)18-14(19-10)11-5-3-2-4-6-11/h2-8,12H,9,16H2,1H3. The fraction of sp³-hybridized carbons (Fsp3) is 0.200. The maximum Gasteiger partial charge on any atom is 0.226 e. The van der Waals surface area contributed by atoms with Crippen LogP contribution < -0.4 is 5.73 Å². The summed E-state index contributed by atoms with van der Waals surface area (Å²) in [6.07, 6.45) is 2.40. The monoisotopic (exact) mass is 285 g/mol. The van der Waals surface area contributed by atoms with Crippen LogP contribution in [0.25, 0.3) is 11.5 Å². The lowest BCUT2D eigenvalue weighted by molar-refractivity contribution is 0.537. The van der Waals surface area contributed by atoms with Crippen LogP contribution in [-0.4, -0.2) is 9.97 Å². The summed E-state index contributed by atoms with van der Waals surface area (Å²) in [7, 11) is 0. The molecule has 0 aliphatic heterocycles. The summed E-state index contributed by atoms with van der Waals surface area (Å²) in [5.41, 5.74) is 8.03. The average Bonchev–Trinajstić information content (AvgIpc) is 3.10. The van der Waals surface area contributed by atoms with E-state index in [1.54, 1.807) is 17.5 Å². The predicted octanol–water partition coefficient (Wildman–Crippen LogP) is 3.35. The molecule has 0 saturated carbocycles. The largest absolute Gasteiger partial charge is 0.441 e. The summed E-state index contributed by atoms with van der Waals surface area (Å²) < 4.78 is 5.74. The summed E-state index contributed by atoms with van der Waals surface area (Å²) >= 11 is 1.56. The van der Waals surface area contributed by atoms with Gasteiger partial charge in [0.1, 0.15) is 10.8 Å². The smallest absolute Gasteiger partial charge is 0.226 e. The van der Waals surface area contributed by atoms with E-state index in [1.807, 2.05) is 42.6 Å². The second-order valence-electron chi connectivity index (χ2n) is 4.57. The average molecular weight is 285 g/mol. The zero-order valence-electron chi connectivity index (χ0n) is 11.1. The van der Waals surface area contributed by atoms with Crippen molar-refractivity contribution in [2.24, 2.45) is 5.73 Å². The predicted molar refractivity (Wildman–Crippen MR) is 79.4 cm³/mol. The Balaban J connectivity index is 1.83. The quantitative estimate of drug-likeness (QED) is 0.798. The Labute approximate surface area is 121 Å². The number of aromatic nitrogens is 2. The molecule has 0 saturated heterocycles.